The zero-order valence-electron chi connectivity index (χ0n) is 10.9. The fourth-order valence-corrected chi connectivity index (χ4v) is 2.22. The zero-order chi connectivity index (χ0) is 14.0. The number of aliphatic imine (C=N–C) groups is 1. The van der Waals surface area contributed by atoms with Gasteiger partial charge in [0.15, 0.2) is 5.78 Å². The first-order valence-corrected chi connectivity index (χ1v) is 6.47. The third-order valence-corrected chi connectivity index (χ3v) is 3.37. The largest absolute Gasteiger partial charge is 0.308 e. The van der Waals surface area contributed by atoms with E-state index in [1.165, 1.54) is 0 Å². The lowest BCUT2D eigenvalue weighted by Crippen LogP contribution is -2.38. The van der Waals surface area contributed by atoms with E-state index >= 15 is 0 Å². The van der Waals surface area contributed by atoms with Gasteiger partial charge in [0, 0.05) is 17.7 Å². The molecule has 1 aromatic rings. The number of alkyl halides is 1. The molecule has 100 valence electrons. The maximum Gasteiger partial charge on any atom is 0.209 e. The van der Waals surface area contributed by atoms with Crippen LogP contribution < -0.4 is 0 Å². The maximum atomic E-state index is 12.3. The molecule has 0 N–H and O–H groups in total. The minimum absolute atomic E-state index is 0.159. The Labute approximate surface area is 117 Å². The number of Topliss-reactive ketones (excluding diaryl/α,β-unsaturated/α-hetero) is 2. The predicted octanol–water partition coefficient (Wildman–Crippen LogP) is 1.68. The van der Waals surface area contributed by atoms with Crippen molar-refractivity contribution in [2.45, 2.75) is 5.38 Å². The van der Waals surface area contributed by atoms with Gasteiger partial charge in [-0.1, -0.05) is 24.3 Å². The third kappa shape index (κ3) is 2.74. The topological polar surface area (TPSA) is 49.7 Å². The van der Waals surface area contributed by atoms with Gasteiger partial charge in [0.1, 0.15) is 11.1 Å². The second-order valence-electron chi connectivity index (χ2n) is 4.67. The molecule has 0 bridgehead atoms. The number of hydrogen-bond acceptors (Lipinski definition) is 4. The molecule has 1 unspecified atom stereocenters. The number of fused-ring (bicyclic) bond motifs is 1. The summed E-state index contributed by atoms with van der Waals surface area (Å²) in [5.74, 6) is -0.491. The molecule has 0 saturated carbocycles. The van der Waals surface area contributed by atoms with Crippen molar-refractivity contribution < 1.29 is 9.59 Å². The Kier molecular flexibility index (Phi) is 4.12. The van der Waals surface area contributed by atoms with E-state index in [0.29, 0.717) is 24.2 Å². The van der Waals surface area contributed by atoms with E-state index in [0.717, 1.165) is 0 Å². The molecule has 4 nitrogen and oxygen atoms in total. The monoisotopic (exact) mass is 278 g/mol. The highest BCUT2D eigenvalue weighted by atomic mass is 35.5. The van der Waals surface area contributed by atoms with Crippen molar-refractivity contribution in [1.29, 1.82) is 0 Å². The first-order chi connectivity index (χ1) is 9.02. The average Bonchev–Trinajstić information content (AvgIpc) is 2.40. The Morgan fingerprint density at radius 2 is 1.84 bits per heavy atom. The molecule has 0 fully saturated rings. The lowest BCUT2D eigenvalue weighted by Gasteiger charge is -2.20. The molecule has 0 radical (unpaired) electrons. The molecule has 0 aliphatic heterocycles. The number of benzene rings is 1. The number of carbonyl (C=O) groups is 2. The number of halogens is 1. The molecule has 0 aromatic heterocycles. The van der Waals surface area contributed by atoms with Crippen molar-refractivity contribution in [2.24, 2.45) is 4.99 Å². The molecule has 1 aromatic carbocycles. The SMILES string of the molecule is CN(C)CCN=C1C(=O)c2ccccc2C(=O)C1Cl. The van der Waals surface area contributed by atoms with E-state index in [9.17, 15) is 9.59 Å². The van der Waals surface area contributed by atoms with Gasteiger partial charge >= 0.3 is 0 Å². The molecular weight excluding hydrogens is 264 g/mol. The molecule has 19 heavy (non-hydrogen) atoms. The average molecular weight is 279 g/mol. The van der Waals surface area contributed by atoms with Crippen molar-refractivity contribution in [1.82, 2.24) is 4.90 Å². The smallest absolute Gasteiger partial charge is 0.209 e. The number of hydrogen-bond donors (Lipinski definition) is 0. The number of likely N-dealkylation sites (N-methyl/N-ethyl adjacent to an activating group) is 1. The summed E-state index contributed by atoms with van der Waals surface area (Å²) in [6, 6.07) is 6.72. The minimum atomic E-state index is -0.968. The molecule has 2 rings (SSSR count). The van der Waals surface area contributed by atoms with Crippen molar-refractivity contribution in [3.05, 3.63) is 35.4 Å². The predicted molar refractivity (Wildman–Crippen MR) is 75.6 cm³/mol. The van der Waals surface area contributed by atoms with Gasteiger partial charge in [-0.25, -0.2) is 0 Å². The van der Waals surface area contributed by atoms with E-state index < -0.39 is 5.38 Å². The molecular formula is C14H15ClN2O2. The van der Waals surface area contributed by atoms with Crippen LogP contribution in [0.3, 0.4) is 0 Å². The summed E-state index contributed by atoms with van der Waals surface area (Å²) < 4.78 is 0. The van der Waals surface area contributed by atoms with Crippen LogP contribution in [-0.4, -0.2) is 54.7 Å². The number of ketones is 2. The Bertz CT molecular complexity index is 552. The van der Waals surface area contributed by atoms with Crippen molar-refractivity contribution >= 4 is 28.9 Å². The Balaban J connectivity index is 2.33. The van der Waals surface area contributed by atoms with Gasteiger partial charge in [0.2, 0.25) is 5.78 Å². The summed E-state index contributed by atoms with van der Waals surface area (Å²) in [6.07, 6.45) is 0. The molecule has 5 heteroatoms. The highest BCUT2D eigenvalue weighted by Gasteiger charge is 2.36. The number of carbonyl (C=O) groups excluding carboxylic acids is 2. The van der Waals surface area contributed by atoms with Crippen LogP contribution in [0.4, 0.5) is 0 Å². The number of nitrogens with zero attached hydrogens (tertiary/aromatic N) is 2. The fraction of sp³-hybridized carbons (Fsp3) is 0.357. The second kappa shape index (κ2) is 5.63. The van der Waals surface area contributed by atoms with Gasteiger partial charge < -0.3 is 4.90 Å². The second-order valence-corrected chi connectivity index (χ2v) is 5.11. The summed E-state index contributed by atoms with van der Waals surface area (Å²) in [6.45, 7) is 1.16. The van der Waals surface area contributed by atoms with E-state index in [4.69, 9.17) is 11.6 Å². The Hall–Kier alpha value is -1.52. The standard InChI is InChI=1S/C14H15ClN2O2/c1-17(2)8-7-16-12-11(15)13(18)9-5-3-4-6-10(9)14(12)19/h3-6,11H,7-8H2,1-2H3. The quantitative estimate of drug-likeness (QED) is 0.791. The van der Waals surface area contributed by atoms with Crippen molar-refractivity contribution in [3.8, 4) is 0 Å². The summed E-state index contributed by atoms with van der Waals surface area (Å²) >= 11 is 6.06. The van der Waals surface area contributed by atoms with Crippen LogP contribution in [0.1, 0.15) is 20.7 Å². The lowest BCUT2D eigenvalue weighted by molar-refractivity contribution is 0.0967. The molecule has 1 aliphatic carbocycles. The lowest BCUT2D eigenvalue weighted by atomic mass is 9.88. The first kappa shape index (κ1) is 13.9. The molecule has 0 spiro atoms. The van der Waals surface area contributed by atoms with Crippen LogP contribution in [0.15, 0.2) is 29.3 Å². The van der Waals surface area contributed by atoms with Crippen LogP contribution >= 0.6 is 11.6 Å². The number of rotatable bonds is 3. The Morgan fingerprint density at radius 1 is 1.21 bits per heavy atom. The van der Waals surface area contributed by atoms with Gasteiger partial charge in [-0.15, -0.1) is 11.6 Å². The van der Waals surface area contributed by atoms with E-state index in [2.05, 4.69) is 4.99 Å². The third-order valence-electron chi connectivity index (χ3n) is 2.97. The molecule has 0 heterocycles. The molecule has 0 amide bonds. The highest BCUT2D eigenvalue weighted by Crippen LogP contribution is 2.23. The van der Waals surface area contributed by atoms with Crippen molar-refractivity contribution in [2.75, 3.05) is 27.2 Å². The molecule has 0 saturated heterocycles. The zero-order valence-corrected chi connectivity index (χ0v) is 11.6. The van der Waals surface area contributed by atoms with Crippen LogP contribution in [-0.2, 0) is 0 Å². The van der Waals surface area contributed by atoms with Gasteiger partial charge in [0.05, 0.1) is 6.54 Å². The van der Waals surface area contributed by atoms with E-state index in [1.807, 2.05) is 19.0 Å². The minimum Gasteiger partial charge on any atom is -0.308 e. The van der Waals surface area contributed by atoms with E-state index in [1.54, 1.807) is 24.3 Å². The van der Waals surface area contributed by atoms with Gasteiger partial charge in [-0.2, -0.15) is 0 Å². The normalized spacial score (nSPS) is 21.1. The highest BCUT2D eigenvalue weighted by molar-refractivity contribution is 6.64. The van der Waals surface area contributed by atoms with Crippen LogP contribution in [0, 0.1) is 0 Å². The van der Waals surface area contributed by atoms with Crippen molar-refractivity contribution in [3.63, 3.8) is 0 Å². The van der Waals surface area contributed by atoms with Gasteiger partial charge in [0.25, 0.3) is 0 Å². The molecule has 1 aliphatic rings. The summed E-state index contributed by atoms with van der Waals surface area (Å²) in [5.41, 5.74) is 0.944. The van der Waals surface area contributed by atoms with Gasteiger partial charge in [-0.05, 0) is 14.1 Å². The van der Waals surface area contributed by atoms with Crippen LogP contribution in [0.2, 0.25) is 0 Å². The van der Waals surface area contributed by atoms with Crippen LogP contribution in [0.5, 0.6) is 0 Å². The summed E-state index contributed by atoms with van der Waals surface area (Å²) in [7, 11) is 3.84. The summed E-state index contributed by atoms with van der Waals surface area (Å²) in [5, 5.41) is -0.968. The first-order valence-electron chi connectivity index (χ1n) is 6.03. The fourth-order valence-electron chi connectivity index (χ4n) is 1.93. The van der Waals surface area contributed by atoms with Crippen LogP contribution in [0.25, 0.3) is 0 Å². The van der Waals surface area contributed by atoms with Gasteiger partial charge in [-0.3, -0.25) is 14.6 Å². The molecule has 1 atom stereocenters. The Morgan fingerprint density at radius 3 is 2.47 bits per heavy atom. The van der Waals surface area contributed by atoms with E-state index in [-0.39, 0.29) is 17.3 Å². The summed E-state index contributed by atoms with van der Waals surface area (Å²) in [4.78, 5) is 30.5. The maximum absolute atomic E-state index is 12.3.